The molecular formula is C14H29N3O. The third-order valence-corrected chi connectivity index (χ3v) is 4.35. The minimum Gasteiger partial charge on any atom is -0.353 e. The molecule has 1 fully saturated rings. The van der Waals surface area contributed by atoms with Gasteiger partial charge in [0.25, 0.3) is 0 Å². The van der Waals surface area contributed by atoms with E-state index in [1.807, 2.05) is 13.8 Å². The second-order valence-corrected chi connectivity index (χ2v) is 6.17. The first-order chi connectivity index (χ1) is 8.39. The van der Waals surface area contributed by atoms with Crippen LogP contribution in [-0.4, -0.2) is 43.0 Å². The molecule has 1 saturated carbocycles. The third kappa shape index (κ3) is 3.69. The van der Waals surface area contributed by atoms with Gasteiger partial charge in [0.15, 0.2) is 0 Å². The van der Waals surface area contributed by atoms with Gasteiger partial charge < -0.3 is 16.0 Å². The minimum atomic E-state index is -0.396. The first-order valence-electron chi connectivity index (χ1n) is 7.10. The van der Waals surface area contributed by atoms with Crippen molar-refractivity contribution in [2.75, 3.05) is 20.6 Å². The summed E-state index contributed by atoms with van der Waals surface area (Å²) in [5.74, 6) is 0.170. The van der Waals surface area contributed by atoms with Crippen LogP contribution in [-0.2, 0) is 4.79 Å². The molecule has 0 bridgehead atoms. The number of nitrogens with two attached hydrogens (primary N) is 1. The largest absolute Gasteiger partial charge is 0.353 e. The van der Waals surface area contributed by atoms with E-state index in [1.54, 1.807) is 0 Å². The van der Waals surface area contributed by atoms with Crippen LogP contribution >= 0.6 is 0 Å². The standard InChI is InChI=1S/C14H29N3O/c1-11(2)12(15)13(18)16-10-14(17(3)4)8-6-5-7-9-14/h11-12H,5-10,15H2,1-4H3,(H,16,18)/t12-/m1/s1. The van der Waals surface area contributed by atoms with Gasteiger partial charge in [-0.25, -0.2) is 0 Å². The average Bonchev–Trinajstić information content (AvgIpc) is 2.35. The molecule has 0 radical (unpaired) electrons. The van der Waals surface area contributed by atoms with E-state index in [4.69, 9.17) is 5.73 Å². The fourth-order valence-corrected chi connectivity index (χ4v) is 2.66. The third-order valence-electron chi connectivity index (χ3n) is 4.35. The van der Waals surface area contributed by atoms with Gasteiger partial charge >= 0.3 is 0 Å². The van der Waals surface area contributed by atoms with E-state index in [-0.39, 0.29) is 17.4 Å². The molecule has 4 heteroatoms. The highest BCUT2D eigenvalue weighted by molar-refractivity contribution is 5.81. The number of hydrogen-bond donors (Lipinski definition) is 2. The van der Waals surface area contributed by atoms with Crippen LogP contribution in [0.2, 0.25) is 0 Å². The Morgan fingerprint density at radius 3 is 2.28 bits per heavy atom. The van der Waals surface area contributed by atoms with Crippen molar-refractivity contribution in [2.45, 2.75) is 57.5 Å². The molecule has 0 saturated heterocycles. The van der Waals surface area contributed by atoms with E-state index in [0.717, 1.165) is 19.4 Å². The minimum absolute atomic E-state index is 0.0169. The maximum Gasteiger partial charge on any atom is 0.237 e. The molecule has 0 heterocycles. The normalized spacial score (nSPS) is 21.1. The predicted molar refractivity (Wildman–Crippen MR) is 75.3 cm³/mol. The molecule has 1 rings (SSSR count). The molecule has 1 atom stereocenters. The van der Waals surface area contributed by atoms with Crippen LogP contribution in [0, 0.1) is 5.92 Å². The summed E-state index contributed by atoms with van der Waals surface area (Å²) in [4.78, 5) is 14.2. The van der Waals surface area contributed by atoms with Crippen molar-refractivity contribution in [1.82, 2.24) is 10.2 Å². The molecule has 0 aromatic heterocycles. The Morgan fingerprint density at radius 2 is 1.83 bits per heavy atom. The molecule has 0 aliphatic heterocycles. The number of hydrogen-bond acceptors (Lipinski definition) is 3. The van der Waals surface area contributed by atoms with Crippen molar-refractivity contribution in [2.24, 2.45) is 11.7 Å². The molecule has 1 aliphatic carbocycles. The molecular weight excluding hydrogens is 226 g/mol. The lowest BCUT2D eigenvalue weighted by molar-refractivity contribution is -0.124. The number of rotatable bonds is 5. The van der Waals surface area contributed by atoms with Gasteiger partial charge in [-0.15, -0.1) is 0 Å². The van der Waals surface area contributed by atoms with Gasteiger partial charge in [-0.2, -0.15) is 0 Å². The van der Waals surface area contributed by atoms with Gasteiger partial charge in [0.1, 0.15) is 0 Å². The monoisotopic (exact) mass is 255 g/mol. The molecule has 1 aliphatic rings. The van der Waals surface area contributed by atoms with Crippen LogP contribution in [0.5, 0.6) is 0 Å². The second kappa shape index (κ2) is 6.53. The Balaban J connectivity index is 2.55. The molecule has 0 unspecified atom stereocenters. The van der Waals surface area contributed by atoms with Gasteiger partial charge in [0, 0.05) is 12.1 Å². The molecule has 3 N–H and O–H groups in total. The lowest BCUT2D eigenvalue weighted by Gasteiger charge is -2.43. The van der Waals surface area contributed by atoms with E-state index in [2.05, 4.69) is 24.3 Å². The zero-order chi connectivity index (χ0) is 13.8. The smallest absolute Gasteiger partial charge is 0.237 e. The Morgan fingerprint density at radius 1 is 1.28 bits per heavy atom. The molecule has 18 heavy (non-hydrogen) atoms. The van der Waals surface area contributed by atoms with E-state index in [9.17, 15) is 4.79 Å². The maximum absolute atomic E-state index is 11.9. The van der Waals surface area contributed by atoms with Crippen LogP contribution in [0.3, 0.4) is 0 Å². The Kier molecular flexibility index (Phi) is 5.60. The quantitative estimate of drug-likeness (QED) is 0.779. The average molecular weight is 255 g/mol. The summed E-state index contributed by atoms with van der Waals surface area (Å²) in [6.07, 6.45) is 6.15. The van der Waals surface area contributed by atoms with Gasteiger partial charge in [-0.05, 0) is 32.9 Å². The van der Waals surface area contributed by atoms with Gasteiger partial charge in [0.05, 0.1) is 6.04 Å². The Bertz CT molecular complexity index is 270. The number of nitrogens with one attached hydrogen (secondary N) is 1. The van der Waals surface area contributed by atoms with E-state index >= 15 is 0 Å². The summed E-state index contributed by atoms with van der Waals surface area (Å²) < 4.78 is 0. The molecule has 0 spiro atoms. The second-order valence-electron chi connectivity index (χ2n) is 6.17. The number of carbonyl (C=O) groups excluding carboxylic acids is 1. The number of amides is 1. The summed E-state index contributed by atoms with van der Waals surface area (Å²) >= 11 is 0. The molecule has 0 aromatic carbocycles. The van der Waals surface area contributed by atoms with Gasteiger partial charge in [-0.3, -0.25) is 4.79 Å². The Hall–Kier alpha value is -0.610. The summed E-state index contributed by atoms with van der Waals surface area (Å²) in [6.45, 7) is 4.68. The van der Waals surface area contributed by atoms with Crippen LogP contribution in [0.25, 0.3) is 0 Å². The van der Waals surface area contributed by atoms with Crippen molar-refractivity contribution < 1.29 is 4.79 Å². The number of likely N-dealkylation sites (N-methyl/N-ethyl adjacent to an activating group) is 1. The fourth-order valence-electron chi connectivity index (χ4n) is 2.66. The summed E-state index contributed by atoms with van der Waals surface area (Å²) in [5, 5.41) is 3.05. The summed E-state index contributed by atoms with van der Waals surface area (Å²) in [5.41, 5.74) is 6.00. The highest BCUT2D eigenvalue weighted by Gasteiger charge is 2.34. The number of carbonyl (C=O) groups is 1. The van der Waals surface area contributed by atoms with Gasteiger partial charge in [0.2, 0.25) is 5.91 Å². The van der Waals surface area contributed by atoms with Crippen LogP contribution in [0.1, 0.15) is 46.0 Å². The van der Waals surface area contributed by atoms with E-state index in [1.165, 1.54) is 19.3 Å². The van der Waals surface area contributed by atoms with Crippen molar-refractivity contribution in [1.29, 1.82) is 0 Å². The molecule has 0 aromatic rings. The summed E-state index contributed by atoms with van der Waals surface area (Å²) in [7, 11) is 4.22. The zero-order valence-corrected chi connectivity index (χ0v) is 12.3. The maximum atomic E-state index is 11.9. The molecule has 4 nitrogen and oxygen atoms in total. The molecule has 1 amide bonds. The highest BCUT2D eigenvalue weighted by Crippen LogP contribution is 2.31. The fraction of sp³-hybridized carbons (Fsp3) is 0.929. The topological polar surface area (TPSA) is 58.4 Å². The van der Waals surface area contributed by atoms with Crippen molar-refractivity contribution >= 4 is 5.91 Å². The van der Waals surface area contributed by atoms with Gasteiger partial charge in [-0.1, -0.05) is 33.1 Å². The van der Waals surface area contributed by atoms with E-state index in [0.29, 0.717) is 0 Å². The van der Waals surface area contributed by atoms with E-state index < -0.39 is 6.04 Å². The lowest BCUT2D eigenvalue weighted by Crippen LogP contribution is -2.56. The SMILES string of the molecule is CC(C)[C@@H](N)C(=O)NCC1(N(C)C)CCCCC1. The lowest BCUT2D eigenvalue weighted by atomic mass is 9.80. The van der Waals surface area contributed by atoms with Crippen molar-refractivity contribution in [3.05, 3.63) is 0 Å². The molecule has 106 valence electrons. The zero-order valence-electron chi connectivity index (χ0n) is 12.3. The van der Waals surface area contributed by atoms with Crippen LogP contribution < -0.4 is 11.1 Å². The van der Waals surface area contributed by atoms with Crippen molar-refractivity contribution in [3.63, 3.8) is 0 Å². The summed E-state index contributed by atoms with van der Waals surface area (Å²) in [6, 6.07) is -0.396. The number of nitrogens with zero attached hydrogens (tertiary/aromatic N) is 1. The van der Waals surface area contributed by atoms with Crippen LogP contribution in [0.15, 0.2) is 0 Å². The highest BCUT2D eigenvalue weighted by atomic mass is 16.2. The predicted octanol–water partition coefficient (Wildman–Crippen LogP) is 1.35. The van der Waals surface area contributed by atoms with Crippen LogP contribution in [0.4, 0.5) is 0 Å². The first kappa shape index (κ1) is 15.4. The first-order valence-corrected chi connectivity index (χ1v) is 7.10. The van der Waals surface area contributed by atoms with Crippen molar-refractivity contribution in [3.8, 4) is 0 Å². The Labute approximate surface area is 111 Å².